The maximum Gasteiger partial charge on any atom is 0.409 e. The lowest BCUT2D eigenvalue weighted by Crippen LogP contribution is -2.30. The summed E-state index contributed by atoms with van der Waals surface area (Å²) in [5, 5.41) is 11.5. The van der Waals surface area contributed by atoms with E-state index in [0.717, 1.165) is 0 Å². The molecule has 0 aromatic heterocycles. The van der Waals surface area contributed by atoms with Crippen molar-refractivity contribution in [2.45, 2.75) is 6.42 Å². The van der Waals surface area contributed by atoms with Crippen molar-refractivity contribution in [3.63, 3.8) is 0 Å². The summed E-state index contributed by atoms with van der Waals surface area (Å²) in [7, 11) is 0. The lowest BCUT2D eigenvalue weighted by molar-refractivity contribution is 0.0952. The van der Waals surface area contributed by atoms with Gasteiger partial charge in [-0.1, -0.05) is 6.07 Å². The number of cyclic esters (lactones) is 1. The molecule has 0 radical (unpaired) electrons. The first-order valence-corrected chi connectivity index (χ1v) is 6.41. The Kier molecular flexibility index (Phi) is 4.56. The van der Waals surface area contributed by atoms with Gasteiger partial charge in [0.25, 0.3) is 5.91 Å². The predicted molar refractivity (Wildman–Crippen MR) is 71.0 cm³/mol. The second-order valence-corrected chi connectivity index (χ2v) is 4.40. The first kappa shape index (κ1) is 13.9. The summed E-state index contributed by atoms with van der Waals surface area (Å²) in [4.78, 5) is 24.6. The van der Waals surface area contributed by atoms with Gasteiger partial charge in [0.15, 0.2) is 0 Å². The minimum absolute atomic E-state index is 0.217. The number of carbonyl (C=O) groups is 2. The topological polar surface area (TPSA) is 82.4 Å². The molecule has 0 spiro atoms. The minimum Gasteiger partial charge on any atom is -0.448 e. The zero-order chi connectivity index (χ0) is 14.4. The number of amides is 2. The van der Waals surface area contributed by atoms with Crippen LogP contribution in [0.5, 0.6) is 0 Å². The molecule has 1 heterocycles. The van der Waals surface area contributed by atoms with Crippen LogP contribution in [0.15, 0.2) is 24.3 Å². The van der Waals surface area contributed by atoms with Gasteiger partial charge in [-0.25, -0.2) is 4.79 Å². The molecular formula is C14H15N3O3. The van der Waals surface area contributed by atoms with E-state index in [0.29, 0.717) is 43.8 Å². The lowest BCUT2D eigenvalue weighted by Gasteiger charge is -2.12. The Balaban J connectivity index is 1.75. The molecule has 0 atom stereocenters. The highest BCUT2D eigenvalue weighted by Gasteiger charge is 2.20. The zero-order valence-corrected chi connectivity index (χ0v) is 11.0. The molecule has 1 aromatic rings. The van der Waals surface area contributed by atoms with E-state index in [2.05, 4.69) is 5.32 Å². The second kappa shape index (κ2) is 6.57. The van der Waals surface area contributed by atoms with Gasteiger partial charge in [-0.3, -0.25) is 4.79 Å². The van der Waals surface area contributed by atoms with Gasteiger partial charge in [0.1, 0.15) is 6.61 Å². The molecule has 1 saturated heterocycles. The van der Waals surface area contributed by atoms with E-state index >= 15 is 0 Å². The molecule has 0 bridgehead atoms. The number of nitrogens with one attached hydrogen (secondary N) is 1. The van der Waals surface area contributed by atoms with Crippen molar-refractivity contribution >= 4 is 12.0 Å². The first-order valence-electron chi connectivity index (χ1n) is 6.41. The van der Waals surface area contributed by atoms with Gasteiger partial charge < -0.3 is 15.0 Å². The van der Waals surface area contributed by atoms with Crippen LogP contribution in [-0.2, 0) is 4.74 Å². The van der Waals surface area contributed by atoms with E-state index in [1.165, 1.54) is 0 Å². The van der Waals surface area contributed by atoms with Crippen LogP contribution in [0.25, 0.3) is 0 Å². The summed E-state index contributed by atoms with van der Waals surface area (Å²) in [5.41, 5.74) is 0.919. The van der Waals surface area contributed by atoms with Crippen LogP contribution in [0.1, 0.15) is 22.3 Å². The SMILES string of the molecule is N#Cc1cccc(C(=O)NCCCN2CCOC2=O)c1. The number of hydrogen-bond acceptors (Lipinski definition) is 4. The van der Waals surface area contributed by atoms with Crippen LogP contribution >= 0.6 is 0 Å². The molecule has 1 aliphatic rings. The third-order valence-electron chi connectivity index (χ3n) is 2.99. The molecule has 20 heavy (non-hydrogen) atoms. The van der Waals surface area contributed by atoms with Gasteiger partial charge in [0, 0.05) is 18.7 Å². The van der Waals surface area contributed by atoms with Gasteiger partial charge in [-0.05, 0) is 24.6 Å². The standard InChI is InChI=1S/C14H15N3O3/c15-10-11-3-1-4-12(9-11)13(18)16-5-2-6-17-7-8-20-14(17)19/h1,3-4,9H,2,5-8H2,(H,16,18). The summed E-state index contributed by atoms with van der Waals surface area (Å²) in [6, 6.07) is 8.53. The van der Waals surface area contributed by atoms with Crippen LogP contribution in [0.2, 0.25) is 0 Å². The number of rotatable bonds is 5. The average molecular weight is 273 g/mol. The fourth-order valence-corrected chi connectivity index (χ4v) is 1.93. The first-order chi connectivity index (χ1) is 9.70. The van der Waals surface area contributed by atoms with E-state index in [4.69, 9.17) is 10.00 Å². The van der Waals surface area contributed by atoms with Gasteiger partial charge >= 0.3 is 6.09 Å². The Hall–Kier alpha value is -2.55. The van der Waals surface area contributed by atoms with E-state index in [9.17, 15) is 9.59 Å². The van der Waals surface area contributed by atoms with Crippen molar-refractivity contribution in [2.75, 3.05) is 26.2 Å². The van der Waals surface area contributed by atoms with Gasteiger partial charge in [-0.15, -0.1) is 0 Å². The molecule has 2 amide bonds. The van der Waals surface area contributed by atoms with Crippen molar-refractivity contribution in [3.8, 4) is 6.07 Å². The molecular weight excluding hydrogens is 258 g/mol. The predicted octanol–water partition coefficient (Wildman–Crippen LogP) is 1.13. The van der Waals surface area contributed by atoms with Gasteiger partial charge in [-0.2, -0.15) is 5.26 Å². The Morgan fingerprint density at radius 3 is 3.05 bits per heavy atom. The minimum atomic E-state index is -0.293. The summed E-state index contributed by atoms with van der Waals surface area (Å²) in [6.45, 7) is 2.08. The highest BCUT2D eigenvalue weighted by molar-refractivity contribution is 5.94. The summed E-state index contributed by atoms with van der Waals surface area (Å²) >= 11 is 0. The smallest absolute Gasteiger partial charge is 0.409 e. The van der Waals surface area contributed by atoms with Crippen LogP contribution in [0.3, 0.4) is 0 Å². The quantitative estimate of drug-likeness (QED) is 0.815. The fourth-order valence-electron chi connectivity index (χ4n) is 1.93. The molecule has 1 N–H and O–H groups in total. The highest BCUT2D eigenvalue weighted by atomic mass is 16.6. The Bertz CT molecular complexity index is 551. The van der Waals surface area contributed by atoms with Crippen LogP contribution in [0.4, 0.5) is 4.79 Å². The van der Waals surface area contributed by atoms with E-state index in [-0.39, 0.29) is 12.0 Å². The van der Waals surface area contributed by atoms with Crippen LogP contribution < -0.4 is 5.32 Å². The summed E-state index contributed by atoms with van der Waals surface area (Å²) in [5.74, 6) is -0.217. The van der Waals surface area contributed by atoms with Crippen molar-refractivity contribution in [2.24, 2.45) is 0 Å². The van der Waals surface area contributed by atoms with Crippen molar-refractivity contribution in [1.29, 1.82) is 5.26 Å². The summed E-state index contributed by atoms with van der Waals surface area (Å²) in [6.07, 6.45) is 0.372. The van der Waals surface area contributed by atoms with E-state index < -0.39 is 0 Å². The highest BCUT2D eigenvalue weighted by Crippen LogP contribution is 2.05. The monoisotopic (exact) mass is 273 g/mol. The third-order valence-corrected chi connectivity index (χ3v) is 2.99. The molecule has 104 valence electrons. The average Bonchev–Trinajstić information content (AvgIpc) is 2.89. The van der Waals surface area contributed by atoms with E-state index in [1.54, 1.807) is 29.2 Å². The van der Waals surface area contributed by atoms with Crippen LogP contribution in [-0.4, -0.2) is 43.1 Å². The molecule has 0 aliphatic carbocycles. The maximum atomic E-state index is 11.8. The molecule has 6 nitrogen and oxygen atoms in total. The van der Waals surface area contributed by atoms with Crippen LogP contribution in [0, 0.1) is 11.3 Å². The number of benzene rings is 1. The second-order valence-electron chi connectivity index (χ2n) is 4.40. The number of nitrogens with zero attached hydrogens (tertiary/aromatic N) is 2. The normalized spacial score (nSPS) is 13.8. The van der Waals surface area contributed by atoms with Crippen molar-refractivity contribution in [1.82, 2.24) is 10.2 Å². The Morgan fingerprint density at radius 2 is 2.35 bits per heavy atom. The van der Waals surface area contributed by atoms with Crippen molar-refractivity contribution < 1.29 is 14.3 Å². The Labute approximate surface area is 116 Å². The number of hydrogen-bond donors (Lipinski definition) is 1. The largest absolute Gasteiger partial charge is 0.448 e. The Morgan fingerprint density at radius 1 is 1.50 bits per heavy atom. The molecule has 1 aromatic carbocycles. The maximum absolute atomic E-state index is 11.8. The molecule has 0 unspecified atom stereocenters. The number of carbonyl (C=O) groups excluding carboxylic acids is 2. The van der Waals surface area contributed by atoms with Gasteiger partial charge in [0.05, 0.1) is 18.2 Å². The van der Waals surface area contributed by atoms with Crippen molar-refractivity contribution in [3.05, 3.63) is 35.4 Å². The molecule has 1 aliphatic heterocycles. The molecule has 6 heteroatoms. The number of nitriles is 1. The number of ether oxygens (including phenoxy) is 1. The molecule has 1 fully saturated rings. The molecule has 2 rings (SSSR count). The fraction of sp³-hybridized carbons (Fsp3) is 0.357. The van der Waals surface area contributed by atoms with E-state index in [1.807, 2.05) is 6.07 Å². The molecule has 0 saturated carbocycles. The third kappa shape index (κ3) is 3.48. The lowest BCUT2D eigenvalue weighted by atomic mass is 10.1. The van der Waals surface area contributed by atoms with Gasteiger partial charge in [0.2, 0.25) is 0 Å². The summed E-state index contributed by atoms with van der Waals surface area (Å²) < 4.78 is 4.81. The zero-order valence-electron chi connectivity index (χ0n) is 11.0.